The van der Waals surface area contributed by atoms with Crippen LogP contribution in [0.3, 0.4) is 0 Å². The van der Waals surface area contributed by atoms with Crippen LogP contribution in [0.2, 0.25) is 0 Å². The van der Waals surface area contributed by atoms with Gasteiger partial charge in [0.25, 0.3) is 0 Å². The second-order valence-corrected chi connectivity index (χ2v) is 7.09. The Morgan fingerprint density at radius 1 is 0.966 bits per heavy atom. The molecule has 0 radical (unpaired) electrons. The third kappa shape index (κ3) is 7.41. The summed E-state index contributed by atoms with van der Waals surface area (Å²) in [6.07, 6.45) is 0.628. The van der Waals surface area contributed by atoms with Gasteiger partial charge in [0.2, 0.25) is 5.91 Å². The van der Waals surface area contributed by atoms with Gasteiger partial charge < -0.3 is 15.2 Å². The largest absolute Gasteiger partial charge is 0.481 e. The van der Waals surface area contributed by atoms with E-state index in [0.29, 0.717) is 12.8 Å². The smallest absolute Gasteiger partial charge is 0.308 e. The van der Waals surface area contributed by atoms with Crippen molar-refractivity contribution in [3.05, 3.63) is 60.2 Å². The van der Waals surface area contributed by atoms with E-state index in [1.807, 2.05) is 54.6 Å². The maximum Gasteiger partial charge on any atom is 0.308 e. The normalized spacial score (nSPS) is 12.6. The van der Waals surface area contributed by atoms with Gasteiger partial charge in [0.1, 0.15) is 0 Å². The summed E-state index contributed by atoms with van der Waals surface area (Å²) in [5, 5.41) is 11.6. The first kappa shape index (κ1) is 22.1. The van der Waals surface area contributed by atoms with E-state index in [1.54, 1.807) is 6.92 Å². The molecule has 2 atom stereocenters. The molecule has 2 rings (SSSR count). The number of carboxylic acids is 1. The Hall–Kier alpha value is -3.15. The Bertz CT molecular complexity index is 817. The molecule has 154 valence electrons. The van der Waals surface area contributed by atoms with E-state index >= 15 is 0 Å². The number of esters is 1. The van der Waals surface area contributed by atoms with Crippen molar-refractivity contribution in [1.82, 2.24) is 5.32 Å². The maximum absolute atomic E-state index is 12.1. The summed E-state index contributed by atoms with van der Waals surface area (Å²) in [4.78, 5) is 34.6. The molecular weight excluding hydrogens is 370 g/mol. The summed E-state index contributed by atoms with van der Waals surface area (Å²) in [5.41, 5.74) is 3.24. The number of benzene rings is 2. The molecule has 0 unspecified atom stereocenters. The SMILES string of the molecule is COC(=O)[C@H](C)C[C@@H](Cc1ccc(-c2ccccc2)cc1)NC(=O)CCC(=O)O. The van der Waals surface area contributed by atoms with Gasteiger partial charge in [0.15, 0.2) is 0 Å². The van der Waals surface area contributed by atoms with Gasteiger partial charge in [-0.1, -0.05) is 61.5 Å². The number of ether oxygens (including phenoxy) is 1. The summed E-state index contributed by atoms with van der Waals surface area (Å²) in [7, 11) is 1.33. The lowest BCUT2D eigenvalue weighted by atomic mass is 9.94. The summed E-state index contributed by atoms with van der Waals surface area (Å²) in [5.74, 6) is -2.07. The van der Waals surface area contributed by atoms with E-state index in [-0.39, 0.29) is 36.7 Å². The fourth-order valence-corrected chi connectivity index (χ4v) is 3.19. The molecule has 6 heteroatoms. The van der Waals surface area contributed by atoms with Crippen LogP contribution >= 0.6 is 0 Å². The molecule has 0 heterocycles. The zero-order valence-corrected chi connectivity index (χ0v) is 16.8. The minimum Gasteiger partial charge on any atom is -0.481 e. The van der Waals surface area contributed by atoms with Crippen LogP contribution in [0.25, 0.3) is 11.1 Å². The Kier molecular flexibility index (Phi) is 8.40. The van der Waals surface area contributed by atoms with Crippen LogP contribution in [0.4, 0.5) is 0 Å². The zero-order valence-electron chi connectivity index (χ0n) is 16.8. The highest BCUT2D eigenvalue weighted by Gasteiger charge is 2.21. The topological polar surface area (TPSA) is 92.7 Å². The lowest BCUT2D eigenvalue weighted by molar-refractivity contribution is -0.145. The molecule has 0 aliphatic carbocycles. The Morgan fingerprint density at radius 2 is 1.59 bits per heavy atom. The molecule has 29 heavy (non-hydrogen) atoms. The van der Waals surface area contributed by atoms with Gasteiger partial charge in [0, 0.05) is 12.5 Å². The number of hydrogen-bond donors (Lipinski definition) is 2. The van der Waals surface area contributed by atoms with Crippen LogP contribution in [0, 0.1) is 5.92 Å². The molecule has 0 aromatic heterocycles. The lowest BCUT2D eigenvalue weighted by Crippen LogP contribution is -2.38. The van der Waals surface area contributed by atoms with E-state index < -0.39 is 5.97 Å². The molecule has 2 aromatic carbocycles. The van der Waals surface area contributed by atoms with Crippen molar-refractivity contribution in [3.8, 4) is 11.1 Å². The van der Waals surface area contributed by atoms with E-state index in [2.05, 4.69) is 5.32 Å². The van der Waals surface area contributed by atoms with Crippen molar-refractivity contribution >= 4 is 17.8 Å². The molecule has 2 N–H and O–H groups in total. The monoisotopic (exact) mass is 397 g/mol. The van der Waals surface area contributed by atoms with E-state index in [1.165, 1.54) is 7.11 Å². The van der Waals surface area contributed by atoms with Crippen molar-refractivity contribution in [1.29, 1.82) is 0 Å². The second-order valence-electron chi connectivity index (χ2n) is 7.09. The highest BCUT2D eigenvalue weighted by molar-refractivity contribution is 5.81. The van der Waals surface area contributed by atoms with Gasteiger partial charge in [-0.25, -0.2) is 0 Å². The van der Waals surface area contributed by atoms with Crippen molar-refractivity contribution < 1.29 is 24.2 Å². The van der Waals surface area contributed by atoms with Gasteiger partial charge >= 0.3 is 11.9 Å². The Labute approximate surface area is 170 Å². The second kappa shape index (κ2) is 11.0. The van der Waals surface area contributed by atoms with Crippen LogP contribution in [0.15, 0.2) is 54.6 Å². The van der Waals surface area contributed by atoms with Crippen molar-refractivity contribution in [3.63, 3.8) is 0 Å². The molecule has 2 aromatic rings. The molecule has 6 nitrogen and oxygen atoms in total. The zero-order chi connectivity index (χ0) is 21.2. The number of aliphatic carboxylic acids is 1. The number of amides is 1. The summed E-state index contributed by atoms with van der Waals surface area (Å²) >= 11 is 0. The first-order valence-corrected chi connectivity index (χ1v) is 9.62. The van der Waals surface area contributed by atoms with Gasteiger partial charge in [-0.15, -0.1) is 0 Å². The van der Waals surface area contributed by atoms with Crippen LogP contribution in [-0.4, -0.2) is 36.1 Å². The minimum atomic E-state index is -1.02. The molecule has 0 saturated heterocycles. The Balaban J connectivity index is 2.07. The molecular formula is C23H27NO5. The highest BCUT2D eigenvalue weighted by Crippen LogP contribution is 2.21. The molecule has 1 amide bonds. The fourth-order valence-electron chi connectivity index (χ4n) is 3.19. The van der Waals surface area contributed by atoms with Crippen LogP contribution in [-0.2, 0) is 25.5 Å². The third-order valence-electron chi connectivity index (χ3n) is 4.72. The third-order valence-corrected chi connectivity index (χ3v) is 4.72. The number of carboxylic acid groups (broad SMARTS) is 1. The fraction of sp³-hybridized carbons (Fsp3) is 0.348. The summed E-state index contributed by atoms with van der Waals surface area (Å²) in [6, 6.07) is 17.8. The molecule has 0 spiro atoms. The average Bonchev–Trinajstić information content (AvgIpc) is 2.72. The number of hydrogen-bond acceptors (Lipinski definition) is 4. The van der Waals surface area contributed by atoms with Gasteiger partial charge in [-0.2, -0.15) is 0 Å². The first-order valence-electron chi connectivity index (χ1n) is 9.62. The number of carbonyl (C=O) groups excluding carboxylic acids is 2. The molecule has 0 fully saturated rings. The molecule has 0 aliphatic rings. The minimum absolute atomic E-state index is 0.0919. The van der Waals surface area contributed by atoms with Crippen LogP contribution < -0.4 is 5.32 Å². The lowest BCUT2D eigenvalue weighted by Gasteiger charge is -2.21. The standard InChI is InChI=1S/C23H27NO5/c1-16(23(28)29-2)14-20(24-21(25)12-13-22(26)27)15-17-8-10-19(11-9-17)18-6-4-3-5-7-18/h3-11,16,20H,12-15H2,1-2H3,(H,24,25)(H,26,27)/t16-,20+/m1/s1. The van der Waals surface area contributed by atoms with Crippen LogP contribution in [0.5, 0.6) is 0 Å². The number of rotatable bonds is 10. The number of methoxy groups -OCH3 is 1. The average molecular weight is 397 g/mol. The molecule has 0 aliphatic heterocycles. The van der Waals surface area contributed by atoms with Crippen molar-refractivity contribution in [2.45, 2.75) is 38.6 Å². The van der Waals surface area contributed by atoms with E-state index in [4.69, 9.17) is 9.84 Å². The maximum atomic E-state index is 12.1. The van der Waals surface area contributed by atoms with E-state index in [9.17, 15) is 14.4 Å². The highest BCUT2D eigenvalue weighted by atomic mass is 16.5. The van der Waals surface area contributed by atoms with Gasteiger partial charge in [0.05, 0.1) is 19.4 Å². The number of carbonyl (C=O) groups is 3. The first-order chi connectivity index (χ1) is 13.9. The van der Waals surface area contributed by atoms with E-state index in [0.717, 1.165) is 16.7 Å². The predicted molar refractivity (Wildman–Crippen MR) is 110 cm³/mol. The van der Waals surface area contributed by atoms with Crippen molar-refractivity contribution in [2.24, 2.45) is 5.92 Å². The van der Waals surface area contributed by atoms with Crippen molar-refractivity contribution in [2.75, 3.05) is 7.11 Å². The predicted octanol–water partition coefficient (Wildman–Crippen LogP) is 3.44. The quantitative estimate of drug-likeness (QED) is 0.599. The number of nitrogens with one attached hydrogen (secondary N) is 1. The van der Waals surface area contributed by atoms with Crippen LogP contribution in [0.1, 0.15) is 31.7 Å². The van der Waals surface area contributed by atoms with Gasteiger partial charge in [-0.05, 0) is 29.5 Å². The van der Waals surface area contributed by atoms with Gasteiger partial charge in [-0.3, -0.25) is 14.4 Å². The Morgan fingerprint density at radius 3 is 2.17 bits per heavy atom. The molecule has 0 bridgehead atoms. The summed E-state index contributed by atoms with van der Waals surface area (Å²) in [6.45, 7) is 1.75. The summed E-state index contributed by atoms with van der Waals surface area (Å²) < 4.78 is 4.78. The molecule has 0 saturated carbocycles.